The Labute approximate surface area is 213 Å². The molecule has 4 unspecified atom stereocenters. The Morgan fingerprint density at radius 1 is 0.829 bits per heavy atom. The highest BCUT2D eigenvalue weighted by Gasteiger charge is 2.25. The van der Waals surface area contributed by atoms with E-state index in [2.05, 4.69) is 73.4 Å². The van der Waals surface area contributed by atoms with Gasteiger partial charge in [-0.15, -0.1) is 11.3 Å². The number of hydrogen-bond donors (Lipinski definition) is 0. The summed E-state index contributed by atoms with van der Waals surface area (Å²) in [5.41, 5.74) is 5.00. The van der Waals surface area contributed by atoms with Gasteiger partial charge < -0.3 is 4.42 Å². The van der Waals surface area contributed by atoms with Crippen molar-refractivity contribution in [3.63, 3.8) is 0 Å². The van der Waals surface area contributed by atoms with Crippen molar-refractivity contribution < 1.29 is 4.42 Å². The van der Waals surface area contributed by atoms with Gasteiger partial charge in [0, 0.05) is 41.5 Å². The summed E-state index contributed by atoms with van der Waals surface area (Å²) in [5.74, 6) is 2.11. The van der Waals surface area contributed by atoms with Crippen LogP contribution in [0.25, 0.3) is 0 Å². The average Bonchev–Trinajstić information content (AvgIpc) is 3.60. The van der Waals surface area contributed by atoms with E-state index in [4.69, 9.17) is 9.40 Å². The second-order valence-electron chi connectivity index (χ2n) is 10.0. The van der Waals surface area contributed by atoms with Crippen LogP contribution in [-0.2, 0) is 0 Å². The molecule has 0 amide bonds. The van der Waals surface area contributed by atoms with Crippen LogP contribution in [0.4, 0.5) is 0 Å². The zero-order chi connectivity index (χ0) is 24.6. The Bertz CT molecular complexity index is 1120. The van der Waals surface area contributed by atoms with E-state index in [0.717, 1.165) is 31.4 Å². The fourth-order valence-electron chi connectivity index (χ4n) is 4.90. The van der Waals surface area contributed by atoms with Gasteiger partial charge >= 0.3 is 0 Å². The highest BCUT2D eigenvalue weighted by molar-refractivity contribution is 7.09. The lowest BCUT2D eigenvalue weighted by atomic mass is 9.78. The molecule has 35 heavy (non-hydrogen) atoms. The number of thiazole rings is 1. The molecular formula is C30H37N3OS. The summed E-state index contributed by atoms with van der Waals surface area (Å²) in [5, 5.41) is 3.49. The van der Waals surface area contributed by atoms with Crippen molar-refractivity contribution in [2.24, 2.45) is 0 Å². The lowest BCUT2D eigenvalue weighted by molar-refractivity contribution is 0.442. The predicted octanol–water partition coefficient (Wildman–Crippen LogP) is 8.68. The number of rotatable bonds is 12. The monoisotopic (exact) mass is 487 g/mol. The van der Waals surface area contributed by atoms with Crippen LogP contribution in [-0.4, -0.2) is 15.0 Å². The molecule has 0 saturated heterocycles. The van der Waals surface area contributed by atoms with Crippen molar-refractivity contribution in [2.75, 3.05) is 0 Å². The van der Waals surface area contributed by atoms with Crippen molar-refractivity contribution in [1.29, 1.82) is 0 Å². The van der Waals surface area contributed by atoms with Gasteiger partial charge in [0.15, 0.2) is 0 Å². The van der Waals surface area contributed by atoms with E-state index in [-0.39, 0.29) is 0 Å². The summed E-state index contributed by atoms with van der Waals surface area (Å²) < 4.78 is 5.50. The quantitative estimate of drug-likeness (QED) is 0.200. The highest BCUT2D eigenvalue weighted by Crippen LogP contribution is 2.40. The van der Waals surface area contributed by atoms with Gasteiger partial charge in [0.2, 0.25) is 0 Å². The molecule has 4 rings (SSSR count). The van der Waals surface area contributed by atoms with Crippen molar-refractivity contribution in [1.82, 2.24) is 15.0 Å². The molecule has 0 radical (unpaired) electrons. The van der Waals surface area contributed by atoms with Gasteiger partial charge in [0.25, 0.3) is 0 Å². The molecular weight excluding hydrogens is 450 g/mol. The van der Waals surface area contributed by atoms with Gasteiger partial charge in [-0.1, -0.05) is 33.8 Å². The Hall–Kier alpha value is -2.79. The first kappa shape index (κ1) is 25.3. The Balaban J connectivity index is 1.47. The summed E-state index contributed by atoms with van der Waals surface area (Å²) in [6.45, 7) is 9.04. The van der Waals surface area contributed by atoms with E-state index in [1.165, 1.54) is 21.8 Å². The molecule has 0 N–H and O–H groups in total. The van der Waals surface area contributed by atoms with E-state index in [1.54, 1.807) is 6.26 Å². The molecule has 4 heterocycles. The molecule has 4 atom stereocenters. The molecule has 4 nitrogen and oxygen atoms in total. The summed E-state index contributed by atoms with van der Waals surface area (Å²) in [6.07, 6.45) is 13.9. The Morgan fingerprint density at radius 2 is 1.63 bits per heavy atom. The number of pyridine rings is 2. The fraction of sp³-hybridized carbons (Fsp3) is 0.433. The SMILES string of the molecule is CC(C)c1csc(C(C)CCC(CCC(c2ccncc2)C(C)c2ccccn2)c2ccoc2)n1. The van der Waals surface area contributed by atoms with Gasteiger partial charge in [-0.05, 0) is 84.9 Å². The lowest BCUT2D eigenvalue weighted by Gasteiger charge is -2.26. The van der Waals surface area contributed by atoms with Crippen molar-refractivity contribution in [3.05, 3.63) is 100 Å². The zero-order valence-corrected chi connectivity index (χ0v) is 22.1. The van der Waals surface area contributed by atoms with Crippen molar-refractivity contribution in [3.8, 4) is 0 Å². The topological polar surface area (TPSA) is 51.8 Å². The third kappa shape index (κ3) is 6.66. The van der Waals surface area contributed by atoms with E-state index in [0.29, 0.717) is 29.6 Å². The summed E-state index contributed by atoms with van der Waals surface area (Å²) in [6, 6.07) is 12.7. The maximum absolute atomic E-state index is 5.50. The molecule has 5 heteroatoms. The van der Waals surface area contributed by atoms with Gasteiger partial charge in [-0.3, -0.25) is 9.97 Å². The molecule has 4 aromatic rings. The van der Waals surface area contributed by atoms with Gasteiger partial charge in [-0.25, -0.2) is 4.98 Å². The maximum atomic E-state index is 5.50. The molecule has 0 aliphatic heterocycles. The molecule has 0 aromatic carbocycles. The Morgan fingerprint density at radius 3 is 2.29 bits per heavy atom. The van der Waals surface area contributed by atoms with Gasteiger partial charge in [0.05, 0.1) is 23.2 Å². The molecule has 0 aliphatic rings. The van der Waals surface area contributed by atoms with Crippen molar-refractivity contribution >= 4 is 11.3 Å². The lowest BCUT2D eigenvalue weighted by Crippen LogP contribution is -2.12. The number of nitrogens with zero attached hydrogens (tertiary/aromatic N) is 3. The molecule has 184 valence electrons. The fourth-order valence-corrected chi connectivity index (χ4v) is 5.97. The van der Waals surface area contributed by atoms with E-state index in [1.807, 2.05) is 42.3 Å². The zero-order valence-electron chi connectivity index (χ0n) is 21.3. The van der Waals surface area contributed by atoms with Crippen LogP contribution in [0, 0.1) is 0 Å². The molecule has 0 saturated carbocycles. The largest absolute Gasteiger partial charge is 0.472 e. The van der Waals surface area contributed by atoms with Crippen LogP contribution in [0.15, 0.2) is 77.3 Å². The summed E-state index contributed by atoms with van der Waals surface area (Å²) in [7, 11) is 0. The van der Waals surface area contributed by atoms with Crippen LogP contribution in [0.5, 0.6) is 0 Å². The van der Waals surface area contributed by atoms with Crippen LogP contribution in [0.2, 0.25) is 0 Å². The number of aromatic nitrogens is 3. The third-order valence-electron chi connectivity index (χ3n) is 7.23. The van der Waals surface area contributed by atoms with Gasteiger partial charge in [0.1, 0.15) is 0 Å². The number of furan rings is 1. The van der Waals surface area contributed by atoms with Gasteiger partial charge in [-0.2, -0.15) is 0 Å². The molecule has 0 aliphatic carbocycles. The van der Waals surface area contributed by atoms with Crippen LogP contribution in [0.1, 0.15) is 110 Å². The first-order valence-electron chi connectivity index (χ1n) is 12.8. The predicted molar refractivity (Wildman–Crippen MR) is 144 cm³/mol. The van der Waals surface area contributed by atoms with E-state index >= 15 is 0 Å². The first-order chi connectivity index (χ1) is 17.0. The first-order valence-corrected chi connectivity index (χ1v) is 13.7. The molecule has 0 bridgehead atoms. The Kier molecular flexibility index (Phi) is 8.86. The minimum absolute atomic E-state index is 0.326. The van der Waals surface area contributed by atoms with E-state index < -0.39 is 0 Å². The van der Waals surface area contributed by atoms with Crippen molar-refractivity contribution in [2.45, 2.75) is 83.0 Å². The summed E-state index contributed by atoms with van der Waals surface area (Å²) in [4.78, 5) is 13.8. The smallest absolute Gasteiger partial charge is 0.0956 e. The second kappa shape index (κ2) is 12.3. The minimum atomic E-state index is 0.326. The third-order valence-corrected chi connectivity index (χ3v) is 8.33. The van der Waals surface area contributed by atoms with Crippen LogP contribution in [0.3, 0.4) is 0 Å². The maximum Gasteiger partial charge on any atom is 0.0956 e. The molecule has 0 fully saturated rings. The average molecular weight is 488 g/mol. The number of hydrogen-bond acceptors (Lipinski definition) is 5. The van der Waals surface area contributed by atoms with E-state index in [9.17, 15) is 0 Å². The van der Waals surface area contributed by atoms with Crippen LogP contribution >= 0.6 is 11.3 Å². The molecule has 0 spiro atoms. The normalized spacial score (nSPS) is 15.1. The standard InChI is InChI=1S/C30H37N3OS/c1-21(2)29-20-35-30(33-29)22(3)8-9-24(26-14-18-34-19-26)10-11-27(25-12-16-31-17-13-25)23(4)28-7-5-6-15-32-28/h5-7,12-24,27H,8-11H2,1-4H3. The summed E-state index contributed by atoms with van der Waals surface area (Å²) >= 11 is 1.81. The van der Waals surface area contributed by atoms with Crippen LogP contribution < -0.4 is 0 Å². The molecule has 4 aromatic heterocycles. The highest BCUT2D eigenvalue weighted by atomic mass is 32.1. The minimum Gasteiger partial charge on any atom is -0.472 e. The second-order valence-corrected chi connectivity index (χ2v) is 10.9.